The predicted octanol–water partition coefficient (Wildman–Crippen LogP) is 2.70. The zero-order valence-corrected chi connectivity index (χ0v) is 10.6. The zero-order chi connectivity index (χ0) is 13.3. The van der Waals surface area contributed by atoms with Gasteiger partial charge in [-0.15, -0.1) is 0 Å². The summed E-state index contributed by atoms with van der Waals surface area (Å²) in [6.07, 6.45) is 0. The van der Waals surface area contributed by atoms with E-state index in [-0.39, 0.29) is 11.7 Å². The summed E-state index contributed by atoms with van der Waals surface area (Å²) in [6.45, 7) is 4.89. The Labute approximate surface area is 105 Å². The zero-order valence-electron chi connectivity index (χ0n) is 10.6. The Morgan fingerprint density at radius 2 is 1.89 bits per heavy atom. The number of aromatic nitrogens is 1. The van der Waals surface area contributed by atoms with Crippen LogP contribution >= 0.6 is 0 Å². The van der Waals surface area contributed by atoms with Crippen LogP contribution in [0.5, 0.6) is 0 Å². The monoisotopic (exact) mass is 242 g/mol. The van der Waals surface area contributed by atoms with Gasteiger partial charge in [-0.2, -0.15) is 0 Å². The number of fused-ring (bicyclic) bond motifs is 1. The van der Waals surface area contributed by atoms with Crippen molar-refractivity contribution >= 4 is 28.3 Å². The predicted molar refractivity (Wildman–Crippen MR) is 70.8 cm³/mol. The van der Waals surface area contributed by atoms with Crippen molar-refractivity contribution in [2.24, 2.45) is 0 Å². The lowest BCUT2D eigenvalue weighted by Gasteiger charge is -2.07. The van der Waals surface area contributed by atoms with E-state index in [0.29, 0.717) is 5.69 Å². The summed E-state index contributed by atoms with van der Waals surface area (Å²) >= 11 is 0. The van der Waals surface area contributed by atoms with Gasteiger partial charge in [-0.1, -0.05) is 0 Å². The van der Waals surface area contributed by atoms with Gasteiger partial charge in [-0.05, 0) is 36.8 Å². The Bertz CT molecular complexity index is 648. The van der Waals surface area contributed by atoms with E-state index >= 15 is 0 Å². The molecule has 1 aromatic heterocycles. The molecule has 4 heteroatoms. The first-order chi connectivity index (χ1) is 8.47. The van der Waals surface area contributed by atoms with Gasteiger partial charge in [-0.3, -0.25) is 9.59 Å². The normalized spacial score (nSPS) is 10.4. The van der Waals surface area contributed by atoms with Crippen LogP contribution in [-0.4, -0.2) is 16.7 Å². The van der Waals surface area contributed by atoms with Gasteiger partial charge in [-0.25, -0.2) is 4.98 Å². The van der Waals surface area contributed by atoms with E-state index in [1.807, 2.05) is 13.0 Å². The van der Waals surface area contributed by atoms with Crippen molar-refractivity contribution in [3.8, 4) is 0 Å². The fraction of sp³-hybridized carbons (Fsp3) is 0.214. The highest BCUT2D eigenvalue weighted by Gasteiger charge is 2.07. The average molecular weight is 242 g/mol. The van der Waals surface area contributed by atoms with Gasteiger partial charge in [0.2, 0.25) is 5.91 Å². The smallest absolute Gasteiger partial charge is 0.221 e. The molecule has 4 nitrogen and oxygen atoms in total. The molecule has 0 saturated carbocycles. The van der Waals surface area contributed by atoms with E-state index in [1.54, 1.807) is 18.2 Å². The fourth-order valence-corrected chi connectivity index (χ4v) is 1.86. The average Bonchev–Trinajstić information content (AvgIpc) is 2.28. The first kappa shape index (κ1) is 12.2. The molecule has 92 valence electrons. The van der Waals surface area contributed by atoms with Crippen molar-refractivity contribution in [3.63, 3.8) is 0 Å². The maximum absolute atomic E-state index is 11.3. The summed E-state index contributed by atoms with van der Waals surface area (Å²) in [6, 6.07) is 7.21. The second-order valence-electron chi connectivity index (χ2n) is 4.29. The number of ketones is 1. The van der Waals surface area contributed by atoms with Gasteiger partial charge < -0.3 is 5.32 Å². The molecule has 0 fully saturated rings. The summed E-state index contributed by atoms with van der Waals surface area (Å²) in [5.41, 5.74) is 2.93. The minimum atomic E-state index is -0.111. The SMILES string of the molecule is CC(=O)Nc1ccc2nc(C(C)=O)cc(C)c2c1. The van der Waals surface area contributed by atoms with Gasteiger partial charge in [0.05, 0.1) is 5.52 Å². The van der Waals surface area contributed by atoms with E-state index < -0.39 is 0 Å². The van der Waals surface area contributed by atoms with Crippen molar-refractivity contribution in [2.75, 3.05) is 5.32 Å². The quantitative estimate of drug-likeness (QED) is 0.824. The lowest BCUT2D eigenvalue weighted by atomic mass is 10.1. The molecular formula is C14H14N2O2. The van der Waals surface area contributed by atoms with E-state index in [1.165, 1.54) is 13.8 Å². The van der Waals surface area contributed by atoms with Crippen molar-refractivity contribution in [2.45, 2.75) is 20.8 Å². The summed E-state index contributed by atoms with van der Waals surface area (Å²) in [7, 11) is 0. The third-order valence-corrected chi connectivity index (χ3v) is 2.70. The molecule has 0 unspecified atom stereocenters. The molecule has 0 aliphatic rings. The number of carbonyl (C=O) groups is 2. The second-order valence-corrected chi connectivity index (χ2v) is 4.29. The van der Waals surface area contributed by atoms with Crippen molar-refractivity contribution in [1.29, 1.82) is 0 Å². The molecule has 1 amide bonds. The van der Waals surface area contributed by atoms with E-state index in [0.717, 1.165) is 22.2 Å². The Hall–Kier alpha value is -2.23. The van der Waals surface area contributed by atoms with Crippen LogP contribution in [0.4, 0.5) is 5.69 Å². The van der Waals surface area contributed by atoms with E-state index in [4.69, 9.17) is 0 Å². The molecule has 1 heterocycles. The van der Waals surface area contributed by atoms with Gasteiger partial charge in [0.25, 0.3) is 0 Å². The Morgan fingerprint density at radius 1 is 1.17 bits per heavy atom. The van der Waals surface area contributed by atoms with Crippen LogP contribution in [0.2, 0.25) is 0 Å². The maximum Gasteiger partial charge on any atom is 0.221 e. The number of nitrogens with one attached hydrogen (secondary N) is 1. The second kappa shape index (κ2) is 4.56. The maximum atomic E-state index is 11.3. The topological polar surface area (TPSA) is 59.1 Å². The lowest BCUT2D eigenvalue weighted by Crippen LogP contribution is -2.06. The molecule has 0 radical (unpaired) electrons. The molecule has 1 aromatic carbocycles. The molecule has 0 atom stereocenters. The highest BCUT2D eigenvalue weighted by Crippen LogP contribution is 2.22. The van der Waals surface area contributed by atoms with E-state index in [9.17, 15) is 9.59 Å². The Balaban J connectivity index is 2.57. The molecule has 0 bridgehead atoms. The van der Waals surface area contributed by atoms with Crippen LogP contribution in [0.3, 0.4) is 0 Å². The molecule has 0 aliphatic heterocycles. The first-order valence-electron chi connectivity index (χ1n) is 5.67. The lowest BCUT2D eigenvalue weighted by molar-refractivity contribution is -0.114. The molecule has 1 N–H and O–H groups in total. The minimum Gasteiger partial charge on any atom is -0.326 e. The van der Waals surface area contributed by atoms with Crippen LogP contribution in [-0.2, 0) is 4.79 Å². The van der Waals surface area contributed by atoms with Gasteiger partial charge in [0.1, 0.15) is 5.69 Å². The molecule has 2 rings (SSSR count). The van der Waals surface area contributed by atoms with Crippen molar-refractivity contribution in [3.05, 3.63) is 35.5 Å². The highest BCUT2D eigenvalue weighted by atomic mass is 16.1. The number of hydrogen-bond acceptors (Lipinski definition) is 3. The number of nitrogens with zero attached hydrogens (tertiary/aromatic N) is 1. The molecule has 0 aliphatic carbocycles. The highest BCUT2D eigenvalue weighted by molar-refractivity contribution is 5.97. The molecule has 2 aromatic rings. The number of Topliss-reactive ketones (excluding diaryl/α,β-unsaturated/α-hetero) is 1. The standard InChI is InChI=1S/C14H14N2O2/c1-8-6-14(9(2)17)16-13-5-4-11(7-12(8)13)15-10(3)18/h4-7H,1-3H3,(H,15,18). The van der Waals surface area contributed by atoms with Gasteiger partial charge in [0.15, 0.2) is 5.78 Å². The van der Waals surface area contributed by atoms with E-state index in [2.05, 4.69) is 10.3 Å². The summed E-state index contributed by atoms with van der Waals surface area (Å²) < 4.78 is 0. The number of anilines is 1. The van der Waals surface area contributed by atoms with Crippen molar-refractivity contribution < 1.29 is 9.59 Å². The number of hydrogen-bond donors (Lipinski definition) is 1. The number of pyridine rings is 1. The minimum absolute atomic E-state index is 0.0501. The van der Waals surface area contributed by atoms with Gasteiger partial charge in [0, 0.05) is 24.9 Å². The molecule has 0 saturated heterocycles. The van der Waals surface area contributed by atoms with Crippen LogP contribution in [0.25, 0.3) is 10.9 Å². The fourth-order valence-electron chi connectivity index (χ4n) is 1.86. The molecular weight excluding hydrogens is 228 g/mol. The number of rotatable bonds is 2. The third kappa shape index (κ3) is 2.37. The molecule has 18 heavy (non-hydrogen) atoms. The van der Waals surface area contributed by atoms with Gasteiger partial charge >= 0.3 is 0 Å². The van der Waals surface area contributed by atoms with Crippen LogP contribution in [0, 0.1) is 6.92 Å². The largest absolute Gasteiger partial charge is 0.326 e. The summed E-state index contributed by atoms with van der Waals surface area (Å²) in [5, 5.41) is 3.66. The Kier molecular flexibility index (Phi) is 3.10. The number of benzene rings is 1. The summed E-state index contributed by atoms with van der Waals surface area (Å²) in [4.78, 5) is 26.6. The van der Waals surface area contributed by atoms with Crippen molar-refractivity contribution in [1.82, 2.24) is 4.98 Å². The number of aryl methyl sites for hydroxylation is 1. The number of carbonyl (C=O) groups excluding carboxylic acids is 2. The summed E-state index contributed by atoms with van der Waals surface area (Å²) in [5.74, 6) is -0.161. The van der Waals surface area contributed by atoms with Crippen LogP contribution in [0.15, 0.2) is 24.3 Å². The van der Waals surface area contributed by atoms with Crippen LogP contribution < -0.4 is 5.32 Å². The first-order valence-corrected chi connectivity index (χ1v) is 5.67. The third-order valence-electron chi connectivity index (χ3n) is 2.70. The Morgan fingerprint density at radius 3 is 2.50 bits per heavy atom. The molecule has 0 spiro atoms. The van der Waals surface area contributed by atoms with Crippen LogP contribution in [0.1, 0.15) is 29.9 Å². The number of amides is 1.